The topological polar surface area (TPSA) is 99.7 Å². The molecule has 7 nitrogen and oxygen atoms in total. The third-order valence-electron chi connectivity index (χ3n) is 4.59. The maximum atomic E-state index is 12.7. The maximum Gasteiger partial charge on any atom is 0.329 e. The molecule has 0 aliphatic rings. The van der Waals surface area contributed by atoms with Crippen LogP contribution >= 0.6 is 0 Å². The Morgan fingerprint density at radius 1 is 0.788 bits per heavy atom. The SMILES string of the molecule is CC(C=Cc1ccccc1)=NNC(=O)C(=O)Nc1ccccc1C(=O)Nc1ccc(C)cc1. The molecule has 7 heteroatoms. The van der Waals surface area contributed by atoms with Crippen molar-refractivity contribution < 1.29 is 14.4 Å². The highest BCUT2D eigenvalue weighted by molar-refractivity contribution is 6.40. The van der Waals surface area contributed by atoms with Crippen LogP contribution in [0.5, 0.6) is 0 Å². The number of nitrogens with zero attached hydrogens (tertiary/aromatic N) is 1. The molecule has 0 saturated heterocycles. The normalized spacial score (nSPS) is 11.2. The Kier molecular flexibility index (Phi) is 7.86. The van der Waals surface area contributed by atoms with Gasteiger partial charge in [0.1, 0.15) is 0 Å². The van der Waals surface area contributed by atoms with Gasteiger partial charge in [-0.25, -0.2) is 5.43 Å². The van der Waals surface area contributed by atoms with E-state index in [0.717, 1.165) is 11.1 Å². The number of allylic oxidation sites excluding steroid dienone is 1. The van der Waals surface area contributed by atoms with E-state index in [1.807, 2.05) is 55.5 Å². The first-order valence-corrected chi connectivity index (χ1v) is 10.3. The molecule has 0 spiro atoms. The fourth-order valence-electron chi connectivity index (χ4n) is 2.81. The molecular weight excluding hydrogens is 416 g/mol. The zero-order chi connectivity index (χ0) is 23.6. The minimum absolute atomic E-state index is 0.215. The van der Waals surface area contributed by atoms with E-state index in [2.05, 4.69) is 21.2 Å². The zero-order valence-corrected chi connectivity index (χ0v) is 18.3. The van der Waals surface area contributed by atoms with Crippen LogP contribution in [0.25, 0.3) is 6.08 Å². The first-order chi connectivity index (χ1) is 15.9. The van der Waals surface area contributed by atoms with Gasteiger partial charge >= 0.3 is 11.8 Å². The Balaban J connectivity index is 1.61. The predicted octanol–water partition coefficient (Wildman–Crippen LogP) is 4.39. The first-order valence-electron chi connectivity index (χ1n) is 10.3. The summed E-state index contributed by atoms with van der Waals surface area (Å²) in [6.07, 6.45) is 3.56. The Hall–Kier alpha value is -4.52. The van der Waals surface area contributed by atoms with Gasteiger partial charge in [0.15, 0.2) is 0 Å². The molecule has 0 radical (unpaired) electrons. The second-order valence-corrected chi connectivity index (χ2v) is 7.26. The van der Waals surface area contributed by atoms with Gasteiger partial charge in [0.2, 0.25) is 0 Å². The highest BCUT2D eigenvalue weighted by Crippen LogP contribution is 2.18. The lowest BCUT2D eigenvalue weighted by Gasteiger charge is -2.11. The molecule has 3 N–H and O–H groups in total. The Labute approximate surface area is 192 Å². The minimum atomic E-state index is -0.948. The molecule has 0 saturated carbocycles. The second kappa shape index (κ2) is 11.2. The minimum Gasteiger partial charge on any atom is -0.322 e. The predicted molar refractivity (Wildman–Crippen MR) is 131 cm³/mol. The van der Waals surface area contributed by atoms with E-state index in [1.54, 1.807) is 49.4 Å². The highest BCUT2D eigenvalue weighted by atomic mass is 16.2. The monoisotopic (exact) mass is 440 g/mol. The second-order valence-electron chi connectivity index (χ2n) is 7.26. The van der Waals surface area contributed by atoms with Crippen LogP contribution in [0, 0.1) is 6.92 Å². The molecule has 33 heavy (non-hydrogen) atoms. The quantitative estimate of drug-likeness (QED) is 0.301. The average Bonchev–Trinajstić information content (AvgIpc) is 2.83. The third-order valence-corrected chi connectivity index (χ3v) is 4.59. The third kappa shape index (κ3) is 7.00. The van der Waals surface area contributed by atoms with Gasteiger partial charge in [-0.3, -0.25) is 14.4 Å². The molecule has 0 atom stereocenters. The number of nitrogens with one attached hydrogen (secondary N) is 3. The van der Waals surface area contributed by atoms with E-state index in [1.165, 1.54) is 0 Å². The maximum absolute atomic E-state index is 12.7. The van der Waals surface area contributed by atoms with Gasteiger partial charge in [0, 0.05) is 5.69 Å². The van der Waals surface area contributed by atoms with Crippen molar-refractivity contribution in [3.8, 4) is 0 Å². The Morgan fingerprint density at radius 2 is 1.45 bits per heavy atom. The number of hydrogen-bond acceptors (Lipinski definition) is 4. The van der Waals surface area contributed by atoms with E-state index in [-0.39, 0.29) is 11.3 Å². The van der Waals surface area contributed by atoms with Gasteiger partial charge in [-0.15, -0.1) is 0 Å². The van der Waals surface area contributed by atoms with Crippen molar-refractivity contribution in [2.45, 2.75) is 13.8 Å². The molecule has 0 unspecified atom stereocenters. The molecule has 0 fully saturated rings. The molecule has 3 rings (SSSR count). The number of benzene rings is 3. The summed E-state index contributed by atoms with van der Waals surface area (Å²) in [5, 5.41) is 9.16. The van der Waals surface area contributed by atoms with Gasteiger partial charge in [0.05, 0.1) is 17.0 Å². The Morgan fingerprint density at radius 3 is 2.18 bits per heavy atom. The van der Waals surface area contributed by atoms with Crippen molar-refractivity contribution >= 4 is 40.9 Å². The van der Waals surface area contributed by atoms with Crippen LogP contribution in [0.3, 0.4) is 0 Å². The van der Waals surface area contributed by atoms with Crippen LogP contribution < -0.4 is 16.1 Å². The summed E-state index contributed by atoms with van der Waals surface area (Å²) in [5.41, 5.74) is 5.85. The van der Waals surface area contributed by atoms with E-state index in [0.29, 0.717) is 11.4 Å². The zero-order valence-electron chi connectivity index (χ0n) is 18.3. The van der Waals surface area contributed by atoms with Crippen molar-refractivity contribution in [3.05, 3.63) is 102 Å². The van der Waals surface area contributed by atoms with Crippen molar-refractivity contribution in [1.82, 2.24) is 5.43 Å². The largest absolute Gasteiger partial charge is 0.329 e. The summed E-state index contributed by atoms with van der Waals surface area (Å²) >= 11 is 0. The fourth-order valence-corrected chi connectivity index (χ4v) is 2.81. The lowest BCUT2D eigenvalue weighted by molar-refractivity contribution is -0.136. The number of carbonyl (C=O) groups is 3. The summed E-state index contributed by atoms with van der Waals surface area (Å²) in [5.74, 6) is -2.29. The van der Waals surface area contributed by atoms with Gasteiger partial charge in [-0.05, 0) is 49.8 Å². The molecule has 3 aromatic rings. The summed E-state index contributed by atoms with van der Waals surface area (Å²) < 4.78 is 0. The number of carbonyl (C=O) groups excluding carboxylic acids is 3. The number of aryl methyl sites for hydroxylation is 1. The van der Waals surface area contributed by atoms with Gasteiger partial charge in [-0.2, -0.15) is 5.10 Å². The molecule has 166 valence electrons. The number of hydrazone groups is 1. The molecule has 0 heterocycles. The van der Waals surface area contributed by atoms with Gasteiger partial charge in [0.25, 0.3) is 5.91 Å². The van der Waals surface area contributed by atoms with Crippen LogP contribution in [-0.2, 0) is 9.59 Å². The van der Waals surface area contributed by atoms with E-state index >= 15 is 0 Å². The standard InChI is InChI=1S/C26H24N4O3/c1-18-12-16-21(17-13-18)27-24(31)22-10-6-7-11-23(22)28-25(32)26(33)30-29-19(2)14-15-20-8-4-3-5-9-20/h3-17H,1-2H3,(H,27,31)(H,28,32)(H,30,33). The summed E-state index contributed by atoms with van der Waals surface area (Å²) in [6, 6.07) is 23.4. The average molecular weight is 441 g/mol. The van der Waals surface area contributed by atoms with Crippen molar-refractivity contribution in [2.75, 3.05) is 10.6 Å². The molecule has 0 aliphatic heterocycles. The van der Waals surface area contributed by atoms with Crippen molar-refractivity contribution in [1.29, 1.82) is 0 Å². The molecule has 0 aromatic heterocycles. The van der Waals surface area contributed by atoms with Crippen LogP contribution in [0.2, 0.25) is 0 Å². The van der Waals surface area contributed by atoms with Crippen LogP contribution in [0.15, 0.2) is 90.0 Å². The molecule has 0 aliphatic carbocycles. The summed E-state index contributed by atoms with van der Waals surface area (Å²) in [7, 11) is 0. The summed E-state index contributed by atoms with van der Waals surface area (Å²) in [6.45, 7) is 3.65. The molecule has 3 aromatic carbocycles. The van der Waals surface area contributed by atoms with E-state index < -0.39 is 17.7 Å². The smallest absolute Gasteiger partial charge is 0.322 e. The lowest BCUT2D eigenvalue weighted by atomic mass is 10.1. The van der Waals surface area contributed by atoms with Crippen LogP contribution in [0.1, 0.15) is 28.4 Å². The molecule has 3 amide bonds. The van der Waals surface area contributed by atoms with E-state index in [4.69, 9.17) is 0 Å². The Bertz CT molecular complexity index is 1200. The summed E-state index contributed by atoms with van der Waals surface area (Å²) in [4.78, 5) is 37.2. The number of hydrogen-bond donors (Lipinski definition) is 3. The first kappa shape index (κ1) is 23.1. The molecule has 0 bridgehead atoms. The van der Waals surface area contributed by atoms with Crippen molar-refractivity contribution in [2.24, 2.45) is 5.10 Å². The van der Waals surface area contributed by atoms with Gasteiger partial charge in [-0.1, -0.05) is 66.2 Å². The van der Waals surface area contributed by atoms with Crippen LogP contribution in [-0.4, -0.2) is 23.4 Å². The highest BCUT2D eigenvalue weighted by Gasteiger charge is 2.17. The number of amides is 3. The van der Waals surface area contributed by atoms with Crippen LogP contribution in [0.4, 0.5) is 11.4 Å². The number of anilines is 2. The fraction of sp³-hybridized carbons (Fsp3) is 0.0769. The number of rotatable bonds is 6. The van der Waals surface area contributed by atoms with Gasteiger partial charge < -0.3 is 10.6 Å². The van der Waals surface area contributed by atoms with Crippen molar-refractivity contribution in [3.63, 3.8) is 0 Å². The lowest BCUT2D eigenvalue weighted by Crippen LogP contribution is -2.33. The number of para-hydroxylation sites is 1. The van der Waals surface area contributed by atoms with E-state index in [9.17, 15) is 14.4 Å². The molecular formula is C26H24N4O3.